The van der Waals surface area contributed by atoms with Gasteiger partial charge in [0.15, 0.2) is 0 Å². The first-order chi connectivity index (χ1) is 5.99. The molecule has 1 aliphatic carbocycles. The monoisotopic (exact) mass is 185 g/mol. The summed E-state index contributed by atoms with van der Waals surface area (Å²) >= 11 is 0. The van der Waals surface area contributed by atoms with E-state index in [4.69, 9.17) is 5.73 Å². The van der Waals surface area contributed by atoms with Crippen molar-refractivity contribution in [3.63, 3.8) is 0 Å². The van der Waals surface area contributed by atoms with Gasteiger partial charge in [-0.05, 0) is 37.5 Å². The lowest BCUT2D eigenvalue weighted by molar-refractivity contribution is -0.0359. The third kappa shape index (κ3) is 2.23. The molecule has 0 saturated heterocycles. The van der Waals surface area contributed by atoms with Crippen LogP contribution in [0.25, 0.3) is 0 Å². The standard InChI is InChI=1S/C11H23NO/c1-4-11(13)6-5-9(8(2)3)7-10(11)12/h8-10,13H,4-7,12H2,1-3H3. The van der Waals surface area contributed by atoms with Crippen LogP contribution in [0.5, 0.6) is 0 Å². The summed E-state index contributed by atoms with van der Waals surface area (Å²) in [5, 5.41) is 10.1. The number of hydrogen-bond acceptors (Lipinski definition) is 2. The smallest absolute Gasteiger partial charge is 0.0795 e. The Kier molecular flexibility index (Phi) is 3.36. The second kappa shape index (κ2) is 3.97. The highest BCUT2D eigenvalue weighted by Gasteiger charge is 2.39. The first-order valence-corrected chi connectivity index (χ1v) is 5.47. The van der Waals surface area contributed by atoms with Gasteiger partial charge in [-0.25, -0.2) is 0 Å². The molecule has 1 saturated carbocycles. The Morgan fingerprint density at radius 2 is 2.15 bits per heavy atom. The van der Waals surface area contributed by atoms with Gasteiger partial charge >= 0.3 is 0 Å². The van der Waals surface area contributed by atoms with Gasteiger partial charge in [0.2, 0.25) is 0 Å². The Bertz CT molecular complexity index is 169. The zero-order valence-corrected chi connectivity index (χ0v) is 9.09. The van der Waals surface area contributed by atoms with E-state index in [1.807, 2.05) is 6.92 Å². The molecule has 1 fully saturated rings. The number of hydrogen-bond donors (Lipinski definition) is 2. The van der Waals surface area contributed by atoms with E-state index in [0.29, 0.717) is 11.8 Å². The maximum absolute atomic E-state index is 10.1. The third-order valence-corrected chi connectivity index (χ3v) is 3.75. The number of rotatable bonds is 2. The van der Waals surface area contributed by atoms with Crippen molar-refractivity contribution in [2.45, 2.75) is 58.1 Å². The Balaban J connectivity index is 2.56. The average Bonchev–Trinajstić information content (AvgIpc) is 2.09. The molecule has 0 amide bonds. The van der Waals surface area contributed by atoms with E-state index in [2.05, 4.69) is 13.8 Å². The fraction of sp³-hybridized carbons (Fsp3) is 1.00. The quantitative estimate of drug-likeness (QED) is 0.690. The maximum Gasteiger partial charge on any atom is 0.0795 e. The van der Waals surface area contributed by atoms with Crippen molar-refractivity contribution in [3.05, 3.63) is 0 Å². The predicted molar refractivity (Wildman–Crippen MR) is 55.4 cm³/mol. The molecule has 78 valence electrons. The Morgan fingerprint density at radius 1 is 1.54 bits per heavy atom. The normalized spacial score (nSPS) is 41.1. The summed E-state index contributed by atoms with van der Waals surface area (Å²) in [7, 11) is 0. The van der Waals surface area contributed by atoms with Crippen LogP contribution in [0, 0.1) is 11.8 Å². The average molecular weight is 185 g/mol. The molecule has 3 N–H and O–H groups in total. The topological polar surface area (TPSA) is 46.2 Å². The highest BCUT2D eigenvalue weighted by atomic mass is 16.3. The zero-order valence-electron chi connectivity index (χ0n) is 9.09. The van der Waals surface area contributed by atoms with Gasteiger partial charge in [-0.1, -0.05) is 20.8 Å². The van der Waals surface area contributed by atoms with E-state index >= 15 is 0 Å². The minimum Gasteiger partial charge on any atom is -0.388 e. The molecular formula is C11H23NO. The third-order valence-electron chi connectivity index (χ3n) is 3.75. The first kappa shape index (κ1) is 11.0. The summed E-state index contributed by atoms with van der Waals surface area (Å²) in [5.41, 5.74) is 5.42. The van der Waals surface area contributed by atoms with E-state index in [0.717, 1.165) is 25.7 Å². The van der Waals surface area contributed by atoms with Gasteiger partial charge in [-0.15, -0.1) is 0 Å². The molecule has 0 bridgehead atoms. The van der Waals surface area contributed by atoms with E-state index in [1.54, 1.807) is 0 Å². The number of nitrogens with two attached hydrogens (primary N) is 1. The van der Waals surface area contributed by atoms with Crippen LogP contribution < -0.4 is 5.73 Å². The van der Waals surface area contributed by atoms with Crippen molar-refractivity contribution in [1.82, 2.24) is 0 Å². The molecule has 2 nitrogen and oxygen atoms in total. The lowest BCUT2D eigenvalue weighted by Crippen LogP contribution is -2.52. The molecule has 0 aromatic rings. The van der Waals surface area contributed by atoms with E-state index in [1.165, 1.54) is 0 Å². The van der Waals surface area contributed by atoms with Crippen LogP contribution in [0.4, 0.5) is 0 Å². The molecule has 0 heterocycles. The molecule has 2 heteroatoms. The van der Waals surface area contributed by atoms with Crippen molar-refractivity contribution < 1.29 is 5.11 Å². The Labute approximate surface area is 81.5 Å². The van der Waals surface area contributed by atoms with Crippen LogP contribution in [0.15, 0.2) is 0 Å². The van der Waals surface area contributed by atoms with E-state index in [9.17, 15) is 5.11 Å². The molecule has 0 aromatic heterocycles. The fourth-order valence-electron chi connectivity index (χ4n) is 2.33. The molecule has 1 rings (SSSR count). The minimum atomic E-state index is -0.578. The SMILES string of the molecule is CCC1(O)CCC(C(C)C)CC1N. The summed E-state index contributed by atoms with van der Waals surface area (Å²) < 4.78 is 0. The molecule has 1 aliphatic rings. The molecule has 3 unspecified atom stereocenters. The van der Waals surface area contributed by atoms with Gasteiger partial charge in [0, 0.05) is 6.04 Å². The Hall–Kier alpha value is -0.0800. The van der Waals surface area contributed by atoms with Crippen molar-refractivity contribution in [3.8, 4) is 0 Å². The van der Waals surface area contributed by atoms with E-state index in [-0.39, 0.29) is 6.04 Å². The van der Waals surface area contributed by atoms with Crippen molar-refractivity contribution in [2.24, 2.45) is 17.6 Å². The van der Waals surface area contributed by atoms with Gasteiger partial charge in [0.05, 0.1) is 5.60 Å². The largest absolute Gasteiger partial charge is 0.388 e. The molecule has 3 atom stereocenters. The second-order valence-electron chi connectivity index (χ2n) is 4.84. The fourth-order valence-corrected chi connectivity index (χ4v) is 2.33. The second-order valence-corrected chi connectivity index (χ2v) is 4.84. The van der Waals surface area contributed by atoms with Gasteiger partial charge in [0.1, 0.15) is 0 Å². The molecule has 0 aromatic carbocycles. The lowest BCUT2D eigenvalue weighted by Gasteiger charge is -2.42. The van der Waals surface area contributed by atoms with E-state index < -0.39 is 5.60 Å². The van der Waals surface area contributed by atoms with Crippen LogP contribution in [-0.4, -0.2) is 16.7 Å². The summed E-state index contributed by atoms with van der Waals surface area (Å²) in [4.78, 5) is 0. The van der Waals surface area contributed by atoms with Gasteiger partial charge in [-0.2, -0.15) is 0 Å². The molecule has 0 radical (unpaired) electrons. The van der Waals surface area contributed by atoms with Gasteiger partial charge in [-0.3, -0.25) is 0 Å². The summed E-state index contributed by atoms with van der Waals surface area (Å²) in [6, 6.07) is -0.0151. The predicted octanol–water partition coefficient (Wildman–Crippen LogP) is 1.91. The maximum atomic E-state index is 10.1. The van der Waals surface area contributed by atoms with Crippen molar-refractivity contribution in [2.75, 3.05) is 0 Å². The molecule has 0 spiro atoms. The van der Waals surface area contributed by atoms with Gasteiger partial charge in [0.25, 0.3) is 0 Å². The zero-order chi connectivity index (χ0) is 10.1. The summed E-state index contributed by atoms with van der Waals surface area (Å²) in [6.45, 7) is 6.51. The molecule has 13 heavy (non-hydrogen) atoms. The highest BCUT2D eigenvalue weighted by molar-refractivity contribution is 4.94. The molecular weight excluding hydrogens is 162 g/mol. The van der Waals surface area contributed by atoms with Crippen molar-refractivity contribution >= 4 is 0 Å². The number of aliphatic hydroxyl groups is 1. The lowest BCUT2D eigenvalue weighted by atomic mass is 9.71. The first-order valence-electron chi connectivity index (χ1n) is 5.47. The minimum absolute atomic E-state index is 0.0151. The highest BCUT2D eigenvalue weighted by Crippen LogP contribution is 2.36. The van der Waals surface area contributed by atoms with Crippen molar-refractivity contribution in [1.29, 1.82) is 0 Å². The van der Waals surface area contributed by atoms with Gasteiger partial charge < -0.3 is 10.8 Å². The van der Waals surface area contributed by atoms with Crippen LogP contribution in [0.3, 0.4) is 0 Å². The van der Waals surface area contributed by atoms with Crippen LogP contribution in [0.1, 0.15) is 46.5 Å². The summed E-state index contributed by atoms with van der Waals surface area (Å²) in [6.07, 6.45) is 3.80. The van der Waals surface area contributed by atoms with Crippen LogP contribution in [0.2, 0.25) is 0 Å². The Morgan fingerprint density at radius 3 is 2.54 bits per heavy atom. The van der Waals surface area contributed by atoms with Crippen LogP contribution in [-0.2, 0) is 0 Å². The van der Waals surface area contributed by atoms with Crippen LogP contribution >= 0.6 is 0 Å². The molecule has 0 aliphatic heterocycles. The summed E-state index contributed by atoms with van der Waals surface area (Å²) in [5.74, 6) is 1.41.